The van der Waals surface area contributed by atoms with Crippen LogP contribution in [0.5, 0.6) is 11.5 Å². The van der Waals surface area contributed by atoms with Crippen LogP contribution >= 0.6 is 23.5 Å². The first kappa shape index (κ1) is 16.4. The quantitative estimate of drug-likeness (QED) is 0.509. The summed E-state index contributed by atoms with van der Waals surface area (Å²) in [6.45, 7) is 0. The minimum absolute atomic E-state index is 0.419. The van der Waals surface area contributed by atoms with Gasteiger partial charge in [-0.05, 0) is 29.8 Å². The molecule has 0 aliphatic carbocycles. The summed E-state index contributed by atoms with van der Waals surface area (Å²) < 4.78 is 13.2. The van der Waals surface area contributed by atoms with Crippen molar-refractivity contribution in [3.63, 3.8) is 0 Å². The SMILES string of the molecule is COc1cc(C2SCCS2)ccc1OC(=O)c1ccc2nccn2c1. The van der Waals surface area contributed by atoms with E-state index in [1.165, 1.54) is 5.56 Å². The zero-order chi connectivity index (χ0) is 17.2. The topological polar surface area (TPSA) is 52.8 Å². The molecule has 5 nitrogen and oxygen atoms in total. The third kappa shape index (κ3) is 3.34. The standard InChI is InChI=1S/C18H16N2O3S2/c1-22-15-10-12(18-24-8-9-25-18)2-4-14(15)23-17(21)13-3-5-16-19-6-7-20(16)11-13/h2-7,10-11,18H,8-9H2,1H3. The van der Waals surface area contributed by atoms with Crippen LogP contribution in [-0.2, 0) is 0 Å². The Kier molecular flexibility index (Phi) is 4.59. The Morgan fingerprint density at radius 2 is 2.04 bits per heavy atom. The van der Waals surface area contributed by atoms with E-state index in [1.54, 1.807) is 48.3 Å². The molecular formula is C18H16N2O3S2. The molecule has 1 aliphatic rings. The Hall–Kier alpha value is -2.12. The highest BCUT2D eigenvalue weighted by molar-refractivity contribution is 8.19. The Balaban J connectivity index is 1.57. The van der Waals surface area contributed by atoms with Gasteiger partial charge in [0.05, 0.1) is 17.3 Å². The zero-order valence-electron chi connectivity index (χ0n) is 13.5. The van der Waals surface area contributed by atoms with Gasteiger partial charge >= 0.3 is 5.97 Å². The third-order valence-electron chi connectivity index (χ3n) is 3.91. The molecule has 0 saturated carbocycles. The second-order valence-corrected chi connectivity index (χ2v) is 8.21. The van der Waals surface area contributed by atoms with Crippen molar-refractivity contribution in [3.8, 4) is 11.5 Å². The molecule has 0 amide bonds. The van der Waals surface area contributed by atoms with Gasteiger partial charge in [-0.25, -0.2) is 9.78 Å². The highest BCUT2D eigenvalue weighted by Crippen LogP contribution is 2.46. The summed E-state index contributed by atoms with van der Waals surface area (Å²) in [5.41, 5.74) is 2.42. The predicted octanol–water partition coefficient (Wildman–Crippen LogP) is 4.04. The van der Waals surface area contributed by atoms with E-state index in [-0.39, 0.29) is 0 Å². The minimum atomic E-state index is -0.425. The molecule has 3 heterocycles. The average Bonchev–Trinajstić information content (AvgIpc) is 3.33. The molecule has 7 heteroatoms. The molecule has 0 atom stereocenters. The van der Waals surface area contributed by atoms with E-state index in [9.17, 15) is 4.79 Å². The molecule has 4 rings (SSSR count). The van der Waals surface area contributed by atoms with E-state index in [0.29, 0.717) is 21.6 Å². The fraction of sp³-hybridized carbons (Fsp3) is 0.222. The summed E-state index contributed by atoms with van der Waals surface area (Å²) >= 11 is 3.85. The molecule has 1 aliphatic heterocycles. The molecule has 0 bridgehead atoms. The van der Waals surface area contributed by atoms with Crippen LogP contribution in [0, 0.1) is 0 Å². The first-order valence-corrected chi connectivity index (χ1v) is 9.90. The summed E-state index contributed by atoms with van der Waals surface area (Å²) in [6, 6.07) is 9.25. The van der Waals surface area contributed by atoms with Gasteiger partial charge in [0, 0.05) is 30.1 Å². The Bertz CT molecular complexity index is 920. The molecule has 1 aromatic carbocycles. The fourth-order valence-electron chi connectivity index (χ4n) is 2.67. The van der Waals surface area contributed by atoms with Crippen molar-refractivity contribution < 1.29 is 14.3 Å². The number of esters is 1. The molecule has 0 unspecified atom stereocenters. The number of carbonyl (C=O) groups excluding carboxylic acids is 1. The molecule has 0 spiro atoms. The fourth-order valence-corrected chi connectivity index (χ4v) is 5.50. The van der Waals surface area contributed by atoms with Crippen LogP contribution in [-0.4, -0.2) is 34.0 Å². The number of ether oxygens (including phenoxy) is 2. The van der Waals surface area contributed by atoms with E-state index in [2.05, 4.69) is 4.98 Å². The molecule has 2 aromatic heterocycles. The van der Waals surface area contributed by atoms with Gasteiger partial charge in [-0.15, -0.1) is 23.5 Å². The highest BCUT2D eigenvalue weighted by Gasteiger charge is 2.21. The molecular weight excluding hydrogens is 356 g/mol. The van der Waals surface area contributed by atoms with E-state index < -0.39 is 5.97 Å². The summed E-state index contributed by atoms with van der Waals surface area (Å²) in [7, 11) is 1.59. The van der Waals surface area contributed by atoms with Crippen molar-refractivity contribution in [2.45, 2.75) is 4.58 Å². The second kappa shape index (κ2) is 7.01. The Morgan fingerprint density at radius 1 is 1.20 bits per heavy atom. The zero-order valence-corrected chi connectivity index (χ0v) is 15.2. The van der Waals surface area contributed by atoms with E-state index in [4.69, 9.17) is 9.47 Å². The van der Waals surface area contributed by atoms with Gasteiger partial charge in [0.25, 0.3) is 0 Å². The van der Waals surface area contributed by atoms with Gasteiger partial charge in [-0.2, -0.15) is 0 Å². The molecule has 1 saturated heterocycles. The molecule has 25 heavy (non-hydrogen) atoms. The van der Waals surface area contributed by atoms with Crippen molar-refractivity contribution in [1.82, 2.24) is 9.38 Å². The number of nitrogens with zero attached hydrogens (tertiary/aromatic N) is 2. The van der Waals surface area contributed by atoms with Gasteiger partial charge in [-0.1, -0.05) is 6.07 Å². The van der Waals surface area contributed by atoms with Gasteiger partial charge in [0.15, 0.2) is 11.5 Å². The lowest BCUT2D eigenvalue weighted by Crippen LogP contribution is -2.10. The van der Waals surface area contributed by atoms with Crippen LogP contribution in [0.2, 0.25) is 0 Å². The second-order valence-electron chi connectivity index (χ2n) is 5.48. The molecule has 1 fully saturated rings. The smallest absolute Gasteiger partial charge is 0.345 e. The number of thioether (sulfide) groups is 2. The van der Waals surface area contributed by atoms with Crippen LogP contribution in [0.3, 0.4) is 0 Å². The van der Waals surface area contributed by atoms with Crippen molar-refractivity contribution >= 4 is 35.1 Å². The van der Waals surface area contributed by atoms with E-state index >= 15 is 0 Å². The lowest BCUT2D eigenvalue weighted by atomic mass is 10.2. The van der Waals surface area contributed by atoms with Gasteiger partial charge in [0.2, 0.25) is 0 Å². The maximum Gasteiger partial charge on any atom is 0.345 e. The lowest BCUT2D eigenvalue weighted by Gasteiger charge is -2.13. The van der Waals surface area contributed by atoms with Gasteiger partial charge in [0.1, 0.15) is 5.65 Å². The predicted molar refractivity (Wildman–Crippen MR) is 101 cm³/mol. The summed E-state index contributed by atoms with van der Waals surface area (Å²) in [6.07, 6.45) is 5.18. The first-order chi connectivity index (χ1) is 12.2. The number of hydrogen-bond acceptors (Lipinski definition) is 6. The van der Waals surface area contributed by atoms with Gasteiger partial charge < -0.3 is 13.9 Å². The highest BCUT2D eigenvalue weighted by atomic mass is 32.2. The third-order valence-corrected chi connectivity index (χ3v) is 7.01. The van der Waals surface area contributed by atoms with Crippen molar-refractivity contribution in [3.05, 3.63) is 60.0 Å². The first-order valence-electron chi connectivity index (χ1n) is 7.80. The molecule has 128 valence electrons. The number of rotatable bonds is 4. The summed E-state index contributed by atoms with van der Waals surface area (Å²) in [5.74, 6) is 2.89. The Labute approximate surface area is 153 Å². The normalized spacial score (nSPS) is 14.8. The number of pyridine rings is 1. The number of methoxy groups -OCH3 is 1. The molecule has 3 aromatic rings. The summed E-state index contributed by atoms with van der Waals surface area (Å²) in [5, 5.41) is 0. The Morgan fingerprint density at radius 3 is 2.84 bits per heavy atom. The number of benzene rings is 1. The van der Waals surface area contributed by atoms with Crippen LogP contribution in [0.1, 0.15) is 20.5 Å². The number of imidazole rings is 1. The van der Waals surface area contributed by atoms with E-state index in [0.717, 1.165) is 17.2 Å². The average molecular weight is 372 g/mol. The van der Waals surface area contributed by atoms with Crippen molar-refractivity contribution in [2.75, 3.05) is 18.6 Å². The molecule has 0 radical (unpaired) electrons. The van der Waals surface area contributed by atoms with Crippen LogP contribution < -0.4 is 9.47 Å². The number of fused-ring (bicyclic) bond motifs is 1. The van der Waals surface area contributed by atoms with Gasteiger partial charge in [-0.3, -0.25) is 0 Å². The molecule has 0 N–H and O–H groups in total. The van der Waals surface area contributed by atoms with E-state index in [1.807, 2.05) is 35.7 Å². The maximum atomic E-state index is 12.5. The largest absolute Gasteiger partial charge is 0.493 e. The monoisotopic (exact) mass is 372 g/mol. The number of aromatic nitrogens is 2. The van der Waals surface area contributed by atoms with Crippen LogP contribution in [0.25, 0.3) is 5.65 Å². The summed E-state index contributed by atoms with van der Waals surface area (Å²) in [4.78, 5) is 16.6. The van der Waals surface area contributed by atoms with Crippen molar-refractivity contribution in [2.24, 2.45) is 0 Å². The number of carbonyl (C=O) groups is 1. The maximum absolute atomic E-state index is 12.5. The van der Waals surface area contributed by atoms with Crippen molar-refractivity contribution in [1.29, 1.82) is 0 Å². The van der Waals surface area contributed by atoms with Crippen LogP contribution in [0.4, 0.5) is 0 Å². The minimum Gasteiger partial charge on any atom is -0.493 e. The van der Waals surface area contributed by atoms with Crippen LogP contribution in [0.15, 0.2) is 48.9 Å². The number of hydrogen-bond donors (Lipinski definition) is 0. The lowest BCUT2D eigenvalue weighted by molar-refractivity contribution is 0.0729.